The second-order valence-electron chi connectivity index (χ2n) is 2.85. The molecule has 2 aromatic carbocycles. The fraction of sp³-hybridized carbons (Fsp3) is 0. The molecule has 2 aromatic rings. The third kappa shape index (κ3) is 2.02. The van der Waals surface area contributed by atoms with Crippen LogP contribution in [0.1, 0.15) is 0 Å². The van der Waals surface area contributed by atoms with Crippen molar-refractivity contribution in [2.24, 2.45) is 0 Å². The predicted octanol–water partition coefficient (Wildman–Crippen LogP) is 2.43. The third-order valence-corrected chi connectivity index (χ3v) is 2.28. The number of fused-ring (bicyclic) bond motifs is 1. The van der Waals surface area contributed by atoms with Gasteiger partial charge in [-0.3, -0.25) is 0 Å². The summed E-state index contributed by atoms with van der Waals surface area (Å²) in [6, 6.07) is 13.2. The minimum atomic E-state index is -2.33. The van der Waals surface area contributed by atoms with E-state index in [1.165, 1.54) is 0 Å². The minimum absolute atomic E-state index is 0.472. The van der Waals surface area contributed by atoms with E-state index >= 15 is 0 Å². The van der Waals surface area contributed by atoms with Crippen LogP contribution in [-0.4, -0.2) is 9.79 Å². The fourth-order valence-electron chi connectivity index (χ4n) is 1.32. The van der Waals surface area contributed by atoms with E-state index in [0.29, 0.717) is 5.75 Å². The number of hydrogen-bond acceptors (Lipinski definition) is 3. The van der Waals surface area contributed by atoms with Crippen molar-refractivity contribution in [2.75, 3.05) is 0 Å². The third-order valence-electron chi connectivity index (χ3n) is 1.91. The zero-order valence-electron chi connectivity index (χ0n) is 7.29. The maximum absolute atomic E-state index is 8.68. The maximum Gasteiger partial charge on any atom is 0.391 e. The van der Waals surface area contributed by atoms with Crippen LogP contribution in [0.3, 0.4) is 0 Å². The molecule has 0 unspecified atom stereocenters. The van der Waals surface area contributed by atoms with Gasteiger partial charge in [-0.25, -0.2) is 0 Å². The van der Waals surface area contributed by atoms with Crippen molar-refractivity contribution in [3.05, 3.63) is 42.5 Å². The predicted molar refractivity (Wildman–Crippen MR) is 55.9 cm³/mol. The Morgan fingerprint density at radius 2 is 1.64 bits per heavy atom. The summed E-state index contributed by atoms with van der Waals surface area (Å²) in [6.45, 7) is 0. The van der Waals surface area contributed by atoms with E-state index in [0.717, 1.165) is 10.8 Å². The quantitative estimate of drug-likeness (QED) is 0.745. The molecule has 0 amide bonds. The van der Waals surface area contributed by atoms with Gasteiger partial charge in [0.15, 0.2) is 0 Å². The van der Waals surface area contributed by atoms with Gasteiger partial charge in [-0.1, -0.05) is 30.3 Å². The van der Waals surface area contributed by atoms with Gasteiger partial charge in [0, 0.05) is 0 Å². The summed E-state index contributed by atoms with van der Waals surface area (Å²) in [5.74, 6) is 0.472. The van der Waals surface area contributed by atoms with E-state index in [1.807, 2.05) is 30.3 Å². The summed E-state index contributed by atoms with van der Waals surface area (Å²) < 4.78 is 4.80. The van der Waals surface area contributed by atoms with E-state index in [9.17, 15) is 0 Å². The summed E-state index contributed by atoms with van der Waals surface area (Å²) in [6.07, 6.45) is 0. The molecule has 2 N–H and O–H groups in total. The Morgan fingerprint density at radius 3 is 2.36 bits per heavy atom. The molecule has 72 valence electrons. The van der Waals surface area contributed by atoms with Crippen LogP contribution < -0.4 is 4.52 Å². The van der Waals surface area contributed by atoms with Gasteiger partial charge >= 0.3 is 8.60 Å². The number of rotatable bonds is 2. The molecule has 0 heterocycles. The van der Waals surface area contributed by atoms with E-state index in [2.05, 4.69) is 0 Å². The molecule has 0 aliphatic rings. The smallest absolute Gasteiger partial charge is 0.391 e. The molecule has 0 aromatic heterocycles. The van der Waals surface area contributed by atoms with Crippen LogP contribution in [0.25, 0.3) is 10.8 Å². The lowest BCUT2D eigenvalue weighted by atomic mass is 10.1. The van der Waals surface area contributed by atoms with Crippen LogP contribution in [0.2, 0.25) is 0 Å². The average molecular weight is 208 g/mol. The highest BCUT2D eigenvalue weighted by molar-refractivity contribution is 7.39. The largest absolute Gasteiger partial charge is 0.427 e. The van der Waals surface area contributed by atoms with Crippen molar-refractivity contribution in [2.45, 2.75) is 0 Å². The lowest BCUT2D eigenvalue weighted by Crippen LogP contribution is -1.84. The SMILES string of the molecule is OP(O)Oc1ccc2ccccc2c1. The number of hydrogen-bond donors (Lipinski definition) is 2. The Kier molecular flexibility index (Phi) is 2.64. The molecule has 0 aliphatic heterocycles. The van der Waals surface area contributed by atoms with Gasteiger partial charge in [-0.15, -0.1) is 0 Å². The van der Waals surface area contributed by atoms with Crippen molar-refractivity contribution >= 4 is 19.4 Å². The van der Waals surface area contributed by atoms with Gasteiger partial charge in [0.2, 0.25) is 0 Å². The molecule has 2 rings (SSSR count). The van der Waals surface area contributed by atoms with Gasteiger partial charge in [-0.2, -0.15) is 0 Å². The van der Waals surface area contributed by atoms with Crippen LogP contribution in [0, 0.1) is 0 Å². The molecule has 0 aliphatic carbocycles. The molecule has 0 saturated heterocycles. The average Bonchev–Trinajstić information content (AvgIpc) is 2.17. The lowest BCUT2D eigenvalue weighted by molar-refractivity contribution is 0.375. The fourth-order valence-corrected chi connectivity index (χ4v) is 1.62. The van der Waals surface area contributed by atoms with Gasteiger partial charge in [0.25, 0.3) is 0 Å². The Morgan fingerprint density at radius 1 is 0.929 bits per heavy atom. The van der Waals surface area contributed by atoms with Gasteiger partial charge < -0.3 is 14.3 Å². The molecule has 0 saturated carbocycles. The Bertz CT molecular complexity index is 442. The first-order valence-corrected chi connectivity index (χ1v) is 5.27. The van der Waals surface area contributed by atoms with E-state index < -0.39 is 8.60 Å². The van der Waals surface area contributed by atoms with Crippen LogP contribution >= 0.6 is 8.60 Å². The van der Waals surface area contributed by atoms with Crippen molar-refractivity contribution in [1.29, 1.82) is 0 Å². The zero-order valence-corrected chi connectivity index (χ0v) is 8.19. The van der Waals surface area contributed by atoms with Gasteiger partial charge in [0.05, 0.1) is 0 Å². The van der Waals surface area contributed by atoms with Gasteiger partial charge in [0.1, 0.15) is 5.75 Å². The Hall–Kier alpha value is -1.15. The van der Waals surface area contributed by atoms with Crippen LogP contribution in [0.5, 0.6) is 5.75 Å². The van der Waals surface area contributed by atoms with Gasteiger partial charge in [-0.05, 0) is 22.9 Å². The first-order valence-electron chi connectivity index (χ1n) is 4.10. The summed E-state index contributed by atoms with van der Waals surface area (Å²) in [5, 5.41) is 2.11. The van der Waals surface area contributed by atoms with Crippen molar-refractivity contribution in [3.8, 4) is 5.75 Å². The zero-order chi connectivity index (χ0) is 9.97. The molecule has 0 bridgehead atoms. The summed E-state index contributed by atoms with van der Waals surface area (Å²) in [5.41, 5.74) is 0. The van der Waals surface area contributed by atoms with Crippen LogP contribution in [0.4, 0.5) is 0 Å². The highest BCUT2D eigenvalue weighted by Crippen LogP contribution is 2.30. The van der Waals surface area contributed by atoms with E-state index in [-0.39, 0.29) is 0 Å². The highest BCUT2D eigenvalue weighted by Gasteiger charge is 2.02. The van der Waals surface area contributed by atoms with E-state index in [1.54, 1.807) is 12.1 Å². The standard InChI is InChI=1S/C10H9O3P/c11-14(12)13-10-6-5-8-3-1-2-4-9(8)7-10/h1-7,11-12H. The van der Waals surface area contributed by atoms with Crippen molar-refractivity contribution < 1.29 is 14.3 Å². The first-order chi connectivity index (χ1) is 6.75. The van der Waals surface area contributed by atoms with Crippen LogP contribution in [0.15, 0.2) is 42.5 Å². The van der Waals surface area contributed by atoms with Crippen molar-refractivity contribution in [3.63, 3.8) is 0 Å². The monoisotopic (exact) mass is 208 g/mol. The molecule has 0 radical (unpaired) electrons. The molecule has 14 heavy (non-hydrogen) atoms. The first kappa shape index (κ1) is 9.41. The second-order valence-corrected chi connectivity index (χ2v) is 3.54. The molecular formula is C10H9O3P. The summed E-state index contributed by atoms with van der Waals surface area (Å²) >= 11 is 0. The normalized spacial score (nSPS) is 10.8. The van der Waals surface area contributed by atoms with Crippen LogP contribution in [-0.2, 0) is 0 Å². The highest BCUT2D eigenvalue weighted by atomic mass is 31.2. The minimum Gasteiger partial charge on any atom is -0.427 e. The molecular weight excluding hydrogens is 199 g/mol. The van der Waals surface area contributed by atoms with Crippen molar-refractivity contribution in [1.82, 2.24) is 0 Å². The Balaban J connectivity index is 2.41. The number of benzene rings is 2. The summed E-state index contributed by atoms with van der Waals surface area (Å²) in [7, 11) is -2.33. The topological polar surface area (TPSA) is 49.7 Å². The molecule has 3 nitrogen and oxygen atoms in total. The molecule has 0 fully saturated rings. The summed E-state index contributed by atoms with van der Waals surface area (Å²) in [4.78, 5) is 17.4. The molecule has 0 atom stereocenters. The lowest BCUT2D eigenvalue weighted by Gasteiger charge is -2.05. The Labute approximate surface area is 82.6 Å². The van der Waals surface area contributed by atoms with E-state index in [4.69, 9.17) is 14.3 Å². The maximum atomic E-state index is 8.68. The molecule has 0 spiro atoms. The molecule has 4 heteroatoms. The second kappa shape index (κ2) is 3.93.